The van der Waals surface area contributed by atoms with Crippen LogP contribution in [0.3, 0.4) is 0 Å². The third kappa shape index (κ3) is 3.30. The van der Waals surface area contributed by atoms with Crippen molar-refractivity contribution < 1.29 is 4.52 Å². The van der Waals surface area contributed by atoms with E-state index in [1.54, 1.807) is 23.0 Å². The van der Waals surface area contributed by atoms with Crippen molar-refractivity contribution in [2.24, 2.45) is 5.92 Å². The third-order valence-corrected chi connectivity index (χ3v) is 4.42. The number of aryl methyl sites for hydroxylation is 1. The fraction of sp³-hybridized carbons (Fsp3) is 0.438. The Morgan fingerprint density at radius 1 is 1.28 bits per heavy atom. The first kappa shape index (κ1) is 15.6. The van der Waals surface area contributed by atoms with Crippen molar-refractivity contribution >= 4 is 6.01 Å². The van der Waals surface area contributed by atoms with Gasteiger partial charge in [-0.3, -0.25) is 4.79 Å². The third-order valence-electron chi connectivity index (χ3n) is 4.42. The molecule has 0 radical (unpaired) electrons. The number of hydrogen-bond acceptors (Lipinski definition) is 7. The van der Waals surface area contributed by atoms with E-state index in [0.29, 0.717) is 30.1 Å². The lowest BCUT2D eigenvalue weighted by Crippen LogP contribution is -2.37. The molecule has 0 aliphatic carbocycles. The largest absolute Gasteiger partial charge is 0.324 e. The monoisotopic (exact) mass is 341 g/mol. The number of nitrogens with zero attached hydrogens (tertiary/aromatic N) is 7. The molecule has 0 aromatic carbocycles. The Morgan fingerprint density at radius 3 is 2.80 bits per heavy atom. The lowest BCUT2D eigenvalue weighted by molar-refractivity contribution is 0.318. The molecule has 3 aromatic heterocycles. The van der Waals surface area contributed by atoms with Crippen LogP contribution in [0.25, 0.3) is 5.82 Å². The van der Waals surface area contributed by atoms with Gasteiger partial charge in [-0.25, -0.2) is 9.36 Å². The summed E-state index contributed by atoms with van der Waals surface area (Å²) < 4.78 is 8.41. The van der Waals surface area contributed by atoms with Crippen LogP contribution in [0, 0.1) is 12.8 Å². The van der Waals surface area contributed by atoms with Gasteiger partial charge in [-0.05, 0) is 37.8 Å². The van der Waals surface area contributed by atoms with Crippen molar-refractivity contribution in [1.29, 1.82) is 0 Å². The summed E-state index contributed by atoms with van der Waals surface area (Å²) in [6.45, 7) is 4.08. The van der Waals surface area contributed by atoms with Gasteiger partial charge in [0, 0.05) is 38.1 Å². The van der Waals surface area contributed by atoms with Crippen molar-refractivity contribution in [1.82, 2.24) is 29.7 Å². The quantitative estimate of drug-likeness (QED) is 0.699. The molecular formula is C16H19N7O2. The summed E-state index contributed by atoms with van der Waals surface area (Å²) in [5.41, 5.74) is -0.0918. The Hall–Kier alpha value is -2.97. The van der Waals surface area contributed by atoms with E-state index in [1.165, 1.54) is 4.68 Å². The summed E-state index contributed by atoms with van der Waals surface area (Å²) >= 11 is 0. The van der Waals surface area contributed by atoms with Crippen molar-refractivity contribution in [3.8, 4) is 5.82 Å². The van der Waals surface area contributed by atoms with Crippen molar-refractivity contribution in [3.05, 3.63) is 46.8 Å². The van der Waals surface area contributed by atoms with E-state index in [4.69, 9.17) is 4.52 Å². The highest BCUT2D eigenvalue weighted by Gasteiger charge is 2.23. The minimum atomic E-state index is -0.0918. The van der Waals surface area contributed by atoms with Crippen molar-refractivity contribution in [2.45, 2.75) is 26.3 Å². The Bertz CT molecular complexity index is 891. The zero-order chi connectivity index (χ0) is 17.2. The molecule has 0 unspecified atom stereocenters. The van der Waals surface area contributed by atoms with Crippen LogP contribution in [0.2, 0.25) is 0 Å². The maximum atomic E-state index is 12.1. The van der Waals surface area contributed by atoms with E-state index >= 15 is 0 Å². The smallest absolute Gasteiger partial charge is 0.324 e. The molecule has 130 valence electrons. The molecule has 0 bridgehead atoms. The highest BCUT2D eigenvalue weighted by atomic mass is 16.5. The van der Waals surface area contributed by atoms with E-state index in [1.807, 2.05) is 19.2 Å². The molecule has 3 aromatic rings. The summed E-state index contributed by atoms with van der Waals surface area (Å²) in [6.07, 6.45) is 5.39. The second-order valence-electron chi connectivity index (χ2n) is 6.22. The predicted octanol–water partition coefficient (Wildman–Crippen LogP) is 1.04. The maximum absolute atomic E-state index is 12.1. The van der Waals surface area contributed by atoms with E-state index in [0.717, 1.165) is 25.9 Å². The summed E-state index contributed by atoms with van der Waals surface area (Å²) in [6, 6.07) is 5.63. The highest BCUT2D eigenvalue weighted by molar-refractivity contribution is 5.25. The fourth-order valence-corrected chi connectivity index (χ4v) is 3.06. The molecule has 1 aliphatic heterocycles. The topological polar surface area (TPSA) is 94.9 Å². The number of hydrogen-bond donors (Lipinski definition) is 0. The number of aromatic nitrogens is 6. The molecule has 9 heteroatoms. The fourth-order valence-electron chi connectivity index (χ4n) is 3.06. The lowest BCUT2D eigenvalue weighted by atomic mass is 9.97. The summed E-state index contributed by atoms with van der Waals surface area (Å²) in [5.74, 6) is 1.67. The zero-order valence-electron chi connectivity index (χ0n) is 13.9. The molecule has 0 amide bonds. The van der Waals surface area contributed by atoms with E-state index < -0.39 is 0 Å². The first-order chi connectivity index (χ1) is 12.2. The molecule has 4 heterocycles. The van der Waals surface area contributed by atoms with Crippen LogP contribution in [0.4, 0.5) is 6.01 Å². The molecule has 1 saturated heterocycles. The minimum Gasteiger partial charge on any atom is -0.324 e. The lowest BCUT2D eigenvalue weighted by Gasteiger charge is -2.30. The van der Waals surface area contributed by atoms with Crippen molar-refractivity contribution in [2.75, 3.05) is 18.0 Å². The Balaban J connectivity index is 1.43. The Kier molecular flexibility index (Phi) is 4.04. The van der Waals surface area contributed by atoms with Gasteiger partial charge in [-0.15, -0.1) is 5.10 Å². The molecule has 25 heavy (non-hydrogen) atoms. The van der Waals surface area contributed by atoms with E-state index in [-0.39, 0.29) is 5.56 Å². The van der Waals surface area contributed by atoms with Crippen molar-refractivity contribution in [3.63, 3.8) is 0 Å². The van der Waals surface area contributed by atoms with Crippen LogP contribution in [0.1, 0.15) is 18.7 Å². The molecule has 9 nitrogen and oxygen atoms in total. The molecule has 0 N–H and O–H groups in total. The average molecular weight is 341 g/mol. The van der Waals surface area contributed by atoms with E-state index in [2.05, 4.69) is 25.2 Å². The molecular weight excluding hydrogens is 322 g/mol. The second kappa shape index (κ2) is 6.50. The molecule has 0 atom stereocenters. The Morgan fingerprint density at radius 2 is 2.12 bits per heavy atom. The molecule has 1 fully saturated rings. The first-order valence-corrected chi connectivity index (χ1v) is 8.32. The number of rotatable bonds is 4. The zero-order valence-corrected chi connectivity index (χ0v) is 13.9. The van der Waals surface area contributed by atoms with Gasteiger partial charge in [-0.2, -0.15) is 10.1 Å². The van der Waals surface area contributed by atoms with Gasteiger partial charge in [0.25, 0.3) is 5.56 Å². The van der Waals surface area contributed by atoms with Gasteiger partial charge in [0.2, 0.25) is 0 Å². The van der Waals surface area contributed by atoms with Crippen LogP contribution in [-0.2, 0) is 6.54 Å². The molecule has 0 spiro atoms. The van der Waals surface area contributed by atoms with Crippen LogP contribution in [-0.4, -0.2) is 42.8 Å². The molecule has 1 aliphatic rings. The van der Waals surface area contributed by atoms with Crippen LogP contribution in [0.5, 0.6) is 0 Å². The normalized spacial score (nSPS) is 15.6. The van der Waals surface area contributed by atoms with Crippen LogP contribution in [0.15, 0.2) is 39.9 Å². The summed E-state index contributed by atoms with van der Waals surface area (Å²) in [5, 5.41) is 12.4. The molecule has 0 saturated carbocycles. The Labute approximate surface area is 143 Å². The number of piperidine rings is 1. The average Bonchev–Trinajstić information content (AvgIpc) is 3.29. The van der Waals surface area contributed by atoms with E-state index in [9.17, 15) is 4.79 Å². The minimum absolute atomic E-state index is 0.0918. The highest BCUT2D eigenvalue weighted by Crippen LogP contribution is 2.22. The second-order valence-corrected chi connectivity index (χ2v) is 6.22. The van der Waals surface area contributed by atoms with Gasteiger partial charge >= 0.3 is 6.01 Å². The predicted molar refractivity (Wildman–Crippen MR) is 89.6 cm³/mol. The molecule has 4 rings (SSSR count). The van der Waals surface area contributed by atoms with Gasteiger partial charge in [0.1, 0.15) is 0 Å². The van der Waals surface area contributed by atoms with Crippen LogP contribution < -0.4 is 10.5 Å². The van der Waals surface area contributed by atoms with Gasteiger partial charge in [0.05, 0.1) is 0 Å². The number of anilines is 1. The SMILES string of the molecule is Cc1noc(N2CCC(Cn3nc(-n4cccn4)ccc3=O)CC2)n1. The van der Waals surface area contributed by atoms with Crippen LogP contribution >= 0.6 is 0 Å². The standard InChI is InChI=1S/C16H19N7O2/c1-12-18-16(25-20-12)21-9-5-13(6-10-21)11-23-15(24)4-3-14(19-23)22-8-2-7-17-22/h2-4,7-8,13H,5-6,9-11H2,1H3. The van der Waals surface area contributed by atoms with Gasteiger partial charge < -0.3 is 9.42 Å². The first-order valence-electron chi connectivity index (χ1n) is 8.32. The van der Waals surface area contributed by atoms with Gasteiger partial charge in [-0.1, -0.05) is 5.16 Å². The summed E-state index contributed by atoms with van der Waals surface area (Å²) in [7, 11) is 0. The summed E-state index contributed by atoms with van der Waals surface area (Å²) in [4.78, 5) is 18.5. The van der Waals surface area contributed by atoms with Gasteiger partial charge in [0.15, 0.2) is 11.6 Å². The maximum Gasteiger partial charge on any atom is 0.324 e.